The third kappa shape index (κ3) is 7.69. The fraction of sp³-hybridized carbons (Fsp3) is 0.0189. The first kappa shape index (κ1) is 60.6. The highest BCUT2D eigenvalue weighted by Crippen LogP contribution is 2.66. The Kier molecular flexibility index (Phi) is 12.1. The van der Waals surface area contributed by atoms with Gasteiger partial charge in [-0.2, -0.15) is 0 Å². The second-order valence-electron chi connectivity index (χ2n) is 30.6. The van der Waals surface area contributed by atoms with Crippen LogP contribution in [0.3, 0.4) is 0 Å². The number of fused-ring (bicyclic) bond motifs is 35. The number of hydrogen-bond donors (Lipinski definition) is 0. The van der Waals surface area contributed by atoms with Crippen LogP contribution in [0.15, 0.2) is 380 Å². The minimum Gasteiger partial charge on any atom is -0.309 e. The summed E-state index contributed by atoms with van der Waals surface area (Å²) in [4.78, 5) is 30.3. The monoisotopic (exact) mass is 1410 g/mol. The molecule has 111 heavy (non-hydrogen) atoms. The van der Waals surface area contributed by atoms with E-state index in [1.54, 1.807) is 0 Å². The Morgan fingerprint density at radius 2 is 0.505 bits per heavy atom. The van der Waals surface area contributed by atoms with Crippen LogP contribution in [0.2, 0.25) is 0 Å². The molecule has 22 aromatic rings. The van der Waals surface area contributed by atoms with Crippen LogP contribution >= 0.6 is 0 Å². The molecule has 0 atom stereocenters. The molecule has 0 amide bonds. The predicted octanol–water partition coefficient (Wildman–Crippen LogP) is 25.2. The average molecular weight is 1410 g/mol. The molecule has 0 saturated carbocycles. The molecule has 5 heteroatoms. The van der Waals surface area contributed by atoms with Gasteiger partial charge in [-0.25, -0.2) is 0 Å². The first-order chi connectivity index (χ1) is 54.9. The highest BCUT2D eigenvalue weighted by molar-refractivity contribution is 6.26. The lowest BCUT2D eigenvalue weighted by atomic mass is 9.70. The van der Waals surface area contributed by atoms with Crippen LogP contribution in [-0.2, 0) is 10.8 Å². The van der Waals surface area contributed by atoms with Gasteiger partial charge in [-0.3, -0.25) is 18.4 Å². The highest BCUT2D eigenvalue weighted by atomic mass is 16.1. The Labute approximate surface area is 636 Å². The summed E-state index contributed by atoms with van der Waals surface area (Å²) in [5.41, 5.74) is 33.4. The molecule has 4 aliphatic carbocycles. The van der Waals surface area contributed by atoms with E-state index in [0.717, 1.165) is 115 Å². The largest absolute Gasteiger partial charge is 0.309 e. The number of pyridine rings is 2. The van der Waals surface area contributed by atoms with Crippen molar-refractivity contribution in [3.8, 4) is 83.6 Å². The van der Waals surface area contributed by atoms with Gasteiger partial charge < -0.3 is 4.57 Å². The van der Waals surface area contributed by atoms with Gasteiger partial charge in [0.2, 0.25) is 0 Å². The van der Waals surface area contributed by atoms with Crippen molar-refractivity contribution >= 4 is 97.7 Å². The Hall–Kier alpha value is -14.5. The number of benzene rings is 17. The van der Waals surface area contributed by atoms with E-state index in [9.17, 15) is 0 Å². The molecule has 0 aliphatic heterocycles. The van der Waals surface area contributed by atoms with E-state index in [1.165, 1.54) is 111 Å². The molecule has 26 rings (SSSR count). The van der Waals surface area contributed by atoms with Crippen LogP contribution in [0.25, 0.3) is 181 Å². The van der Waals surface area contributed by atoms with Crippen LogP contribution < -0.4 is 11.1 Å². The van der Waals surface area contributed by atoms with E-state index in [1.807, 2.05) is 20.9 Å². The number of para-hydroxylation sites is 4. The molecule has 0 unspecified atom stereocenters. The molecule has 512 valence electrons. The fourth-order valence-electron chi connectivity index (χ4n) is 21.3. The molecule has 5 nitrogen and oxygen atoms in total. The van der Waals surface area contributed by atoms with Crippen LogP contribution in [0.4, 0.5) is 0 Å². The molecule has 0 saturated heterocycles. The van der Waals surface area contributed by atoms with Gasteiger partial charge in [0.25, 0.3) is 11.1 Å². The zero-order valence-electron chi connectivity index (χ0n) is 59.9. The van der Waals surface area contributed by atoms with Crippen molar-refractivity contribution in [3.63, 3.8) is 0 Å². The van der Waals surface area contributed by atoms with Crippen LogP contribution in [-0.4, -0.2) is 13.4 Å². The smallest absolute Gasteiger partial charge is 0.263 e. The zero-order chi connectivity index (χ0) is 72.7. The lowest BCUT2D eigenvalue weighted by molar-refractivity contribution is 0.794. The Morgan fingerprint density at radius 3 is 0.982 bits per heavy atom. The summed E-state index contributed by atoms with van der Waals surface area (Å²) < 4.78 is 6.44. The summed E-state index contributed by atoms with van der Waals surface area (Å²) in [6, 6.07) is 134. The van der Waals surface area contributed by atoms with E-state index in [4.69, 9.17) is 0 Å². The maximum Gasteiger partial charge on any atom is 0.263 e. The van der Waals surface area contributed by atoms with Crippen molar-refractivity contribution in [1.29, 1.82) is 0 Å². The van der Waals surface area contributed by atoms with Gasteiger partial charge in [0.15, 0.2) is 0 Å². The first-order valence-corrected chi connectivity index (χ1v) is 38.4. The Morgan fingerprint density at radius 1 is 0.189 bits per heavy atom. The number of aromatic nitrogens is 3. The van der Waals surface area contributed by atoms with E-state index in [2.05, 4.69) is 362 Å². The maximum atomic E-state index is 15.3. The second-order valence-corrected chi connectivity index (χ2v) is 30.6. The Bertz CT molecular complexity index is 7920. The number of nitrogens with zero attached hydrogens (tertiary/aromatic N) is 3. The van der Waals surface area contributed by atoms with Crippen molar-refractivity contribution in [2.75, 3.05) is 0 Å². The lowest BCUT2D eigenvalue weighted by Gasteiger charge is -2.30. The summed E-state index contributed by atoms with van der Waals surface area (Å²) in [5, 5.41) is 12.5. The molecule has 5 aromatic heterocycles. The lowest BCUT2D eigenvalue weighted by Crippen LogP contribution is -2.25. The van der Waals surface area contributed by atoms with Gasteiger partial charge in [0.1, 0.15) is 0 Å². The van der Waals surface area contributed by atoms with E-state index >= 15 is 9.59 Å². The molecule has 0 radical (unpaired) electrons. The first-order valence-electron chi connectivity index (χ1n) is 38.4. The molecule has 17 aromatic carbocycles. The third-order valence-corrected chi connectivity index (χ3v) is 25.6. The summed E-state index contributed by atoms with van der Waals surface area (Å²) >= 11 is 0. The number of hydrogen-bond acceptors (Lipinski definition) is 2. The molecular weight excluding hydrogens is 1350 g/mol. The molecule has 2 spiro atoms. The standard InChI is InChI=1S/C56H32N2O.C50H29NO/c59-55-42-27-25-33(34-26-30-51-45(32-34)38-17-7-11-24-50(38)57(51)35-13-2-1-3-14-35)31-44(42)40-20-12-19-39-41-28-29-49-52(54(41)58(55)53(39)40)43-18-6-10-23-48(43)56(49)46-21-8-4-15-36(46)37-16-5-9-22-47(37)56;52-49-39-25-24-33(32-15-10-14-31(28-32)30-12-2-1-3-13-30)29-41(39)37-20-11-19-36-38-26-27-45-46(48(38)51(49)47(36)37)40-18-6-9-23-44(40)50(45)42-21-7-4-16-34(42)35-17-5-8-22-43(35)50/h1-32H;1-29H. The Balaban J connectivity index is 0.000000127. The molecule has 0 fully saturated rings. The van der Waals surface area contributed by atoms with Gasteiger partial charge in [-0.1, -0.05) is 309 Å². The molecule has 4 aliphatic rings. The molecule has 5 heterocycles. The summed E-state index contributed by atoms with van der Waals surface area (Å²) in [7, 11) is 0. The van der Waals surface area contributed by atoms with E-state index in [-0.39, 0.29) is 11.1 Å². The van der Waals surface area contributed by atoms with Crippen molar-refractivity contribution in [1.82, 2.24) is 13.4 Å². The molecular formula is C106H61N3O2. The van der Waals surface area contributed by atoms with Gasteiger partial charge in [-0.05, 0) is 183 Å². The minimum absolute atomic E-state index is 0.0192. The van der Waals surface area contributed by atoms with E-state index < -0.39 is 10.8 Å². The SMILES string of the molecule is O=c1c2ccc(-c3ccc4c(c3)c3ccccc3n4-c3ccccc3)cc2c2cccc3c4ccc5c(c4n1c23)-c1ccccc1C51c2ccccc2-c2ccccc21.O=c1c2ccc(-c3cccc(-c4ccccc4)c3)cc2c2cccc3c4ccc5c(c4n1c23)-c1ccccc1C51c2ccccc2-c2ccccc21. The van der Waals surface area contributed by atoms with Crippen LogP contribution in [0.1, 0.15) is 44.5 Å². The minimum atomic E-state index is -0.480. The van der Waals surface area contributed by atoms with Gasteiger partial charge in [-0.15, -0.1) is 0 Å². The number of rotatable bonds is 4. The second kappa shape index (κ2) is 22.1. The van der Waals surface area contributed by atoms with Crippen molar-refractivity contribution in [2.45, 2.75) is 10.8 Å². The zero-order valence-corrected chi connectivity index (χ0v) is 59.9. The van der Waals surface area contributed by atoms with Crippen molar-refractivity contribution < 1.29 is 0 Å². The van der Waals surface area contributed by atoms with E-state index in [0.29, 0.717) is 0 Å². The predicted molar refractivity (Wildman–Crippen MR) is 458 cm³/mol. The van der Waals surface area contributed by atoms with Gasteiger partial charge in [0, 0.05) is 70.7 Å². The van der Waals surface area contributed by atoms with Crippen LogP contribution in [0, 0.1) is 0 Å². The quantitative estimate of drug-likeness (QED) is 0.165. The third-order valence-electron chi connectivity index (χ3n) is 25.6. The van der Waals surface area contributed by atoms with Crippen molar-refractivity contribution in [2.24, 2.45) is 0 Å². The summed E-state index contributed by atoms with van der Waals surface area (Å²) in [6.07, 6.45) is 0. The summed E-state index contributed by atoms with van der Waals surface area (Å²) in [5.74, 6) is 0. The normalized spacial score (nSPS) is 13.6. The van der Waals surface area contributed by atoms with Gasteiger partial charge in [0.05, 0.1) is 43.9 Å². The van der Waals surface area contributed by atoms with Crippen molar-refractivity contribution in [3.05, 3.63) is 435 Å². The topological polar surface area (TPSA) is 47.9 Å². The van der Waals surface area contributed by atoms with Gasteiger partial charge >= 0.3 is 0 Å². The highest BCUT2D eigenvalue weighted by Gasteiger charge is 2.54. The molecule has 0 N–H and O–H groups in total. The fourth-order valence-corrected chi connectivity index (χ4v) is 21.3. The maximum absolute atomic E-state index is 15.3. The summed E-state index contributed by atoms with van der Waals surface area (Å²) in [6.45, 7) is 0. The molecule has 0 bridgehead atoms. The van der Waals surface area contributed by atoms with Crippen LogP contribution in [0.5, 0.6) is 0 Å². The average Bonchev–Trinajstić information content (AvgIpc) is 1.50.